The van der Waals surface area contributed by atoms with E-state index in [0.29, 0.717) is 35.2 Å². The highest BCUT2D eigenvalue weighted by Crippen LogP contribution is 2.20. The Bertz CT molecular complexity index is 1250. The SMILES string of the molecule is COCCCCc1ccc(Oc2ccc(Cn3c(=O)[nH]c4c(N)nc(C)nc43)cn2)cn1. The van der Waals surface area contributed by atoms with Crippen molar-refractivity contribution in [2.45, 2.75) is 32.7 Å². The smallest absolute Gasteiger partial charge is 0.328 e. The predicted octanol–water partition coefficient (Wildman–Crippen LogP) is 2.61. The Morgan fingerprint density at radius 3 is 2.69 bits per heavy atom. The van der Waals surface area contributed by atoms with Gasteiger partial charge in [0.25, 0.3) is 0 Å². The van der Waals surface area contributed by atoms with E-state index in [1.165, 1.54) is 4.57 Å². The molecule has 0 aliphatic rings. The zero-order chi connectivity index (χ0) is 22.5. The third kappa shape index (κ3) is 4.92. The van der Waals surface area contributed by atoms with Crippen molar-refractivity contribution in [3.63, 3.8) is 0 Å². The minimum atomic E-state index is -0.305. The number of imidazole rings is 1. The zero-order valence-electron chi connectivity index (χ0n) is 18.0. The van der Waals surface area contributed by atoms with E-state index in [4.69, 9.17) is 15.2 Å². The van der Waals surface area contributed by atoms with E-state index >= 15 is 0 Å². The Morgan fingerprint density at radius 2 is 1.97 bits per heavy atom. The quantitative estimate of drug-likeness (QED) is 0.383. The number of hydrogen-bond acceptors (Lipinski definition) is 8. The second kappa shape index (κ2) is 9.56. The van der Waals surface area contributed by atoms with Crippen LogP contribution in [0.15, 0.2) is 41.5 Å². The molecule has 166 valence electrons. The van der Waals surface area contributed by atoms with Crippen molar-refractivity contribution in [3.05, 3.63) is 64.2 Å². The van der Waals surface area contributed by atoms with Gasteiger partial charge in [0.15, 0.2) is 11.5 Å². The third-order valence-electron chi connectivity index (χ3n) is 4.95. The number of nitrogens with two attached hydrogens (primary N) is 1. The van der Waals surface area contributed by atoms with Crippen molar-refractivity contribution < 1.29 is 9.47 Å². The average molecular weight is 435 g/mol. The lowest BCUT2D eigenvalue weighted by Crippen LogP contribution is -2.18. The molecule has 0 radical (unpaired) electrons. The van der Waals surface area contributed by atoms with Gasteiger partial charge < -0.3 is 20.2 Å². The molecule has 0 atom stereocenters. The average Bonchev–Trinajstić information content (AvgIpc) is 3.09. The summed E-state index contributed by atoms with van der Waals surface area (Å²) >= 11 is 0. The summed E-state index contributed by atoms with van der Waals surface area (Å²) in [6.45, 7) is 2.79. The van der Waals surface area contributed by atoms with E-state index in [-0.39, 0.29) is 11.5 Å². The van der Waals surface area contributed by atoms with Crippen LogP contribution >= 0.6 is 0 Å². The Balaban J connectivity index is 1.41. The predicted molar refractivity (Wildman–Crippen MR) is 120 cm³/mol. The number of ether oxygens (including phenoxy) is 2. The van der Waals surface area contributed by atoms with Gasteiger partial charge in [-0.1, -0.05) is 6.07 Å². The number of anilines is 1. The van der Waals surface area contributed by atoms with Crippen LogP contribution in [0.25, 0.3) is 11.2 Å². The largest absolute Gasteiger partial charge is 0.437 e. The van der Waals surface area contributed by atoms with Crippen LogP contribution in [0, 0.1) is 6.92 Å². The lowest BCUT2D eigenvalue weighted by molar-refractivity contribution is 0.193. The van der Waals surface area contributed by atoms with Crippen LogP contribution in [0.4, 0.5) is 5.82 Å². The van der Waals surface area contributed by atoms with Gasteiger partial charge in [-0.25, -0.2) is 19.7 Å². The van der Waals surface area contributed by atoms with Crippen LogP contribution in [0.2, 0.25) is 0 Å². The molecule has 0 saturated heterocycles. The lowest BCUT2D eigenvalue weighted by atomic mass is 10.2. The molecule has 4 aromatic rings. The fraction of sp³-hybridized carbons (Fsp3) is 0.318. The van der Waals surface area contributed by atoms with Gasteiger partial charge in [0.05, 0.1) is 12.7 Å². The van der Waals surface area contributed by atoms with E-state index < -0.39 is 0 Å². The molecule has 4 heterocycles. The van der Waals surface area contributed by atoms with Gasteiger partial charge in [0.2, 0.25) is 5.88 Å². The van der Waals surface area contributed by atoms with Gasteiger partial charge in [-0.3, -0.25) is 9.55 Å². The van der Waals surface area contributed by atoms with Crippen LogP contribution < -0.4 is 16.2 Å². The number of aryl methyl sites for hydroxylation is 2. The fourth-order valence-electron chi connectivity index (χ4n) is 3.35. The molecule has 0 unspecified atom stereocenters. The molecule has 32 heavy (non-hydrogen) atoms. The maximum absolute atomic E-state index is 12.4. The summed E-state index contributed by atoms with van der Waals surface area (Å²) < 4.78 is 12.4. The number of nitrogen functional groups attached to an aromatic ring is 1. The number of nitrogens with zero attached hydrogens (tertiary/aromatic N) is 5. The van der Waals surface area contributed by atoms with E-state index in [1.54, 1.807) is 32.5 Å². The van der Waals surface area contributed by atoms with Gasteiger partial charge in [-0.05, 0) is 43.9 Å². The second-order valence-electron chi connectivity index (χ2n) is 7.41. The van der Waals surface area contributed by atoms with Crippen molar-refractivity contribution in [1.29, 1.82) is 0 Å². The maximum Gasteiger partial charge on any atom is 0.328 e. The molecule has 4 rings (SSSR count). The number of rotatable bonds is 9. The number of methoxy groups -OCH3 is 1. The molecular formula is C22H25N7O3. The van der Waals surface area contributed by atoms with E-state index in [0.717, 1.165) is 37.1 Å². The van der Waals surface area contributed by atoms with Gasteiger partial charge >= 0.3 is 5.69 Å². The molecule has 0 amide bonds. The normalized spacial score (nSPS) is 11.2. The van der Waals surface area contributed by atoms with Crippen LogP contribution in [0.1, 0.15) is 29.9 Å². The summed E-state index contributed by atoms with van der Waals surface area (Å²) in [5.74, 6) is 1.80. The molecule has 0 aliphatic carbocycles. The number of aromatic amines is 1. The molecule has 0 aliphatic heterocycles. The van der Waals surface area contributed by atoms with Gasteiger partial charge in [-0.15, -0.1) is 0 Å². The highest BCUT2D eigenvalue weighted by Gasteiger charge is 2.13. The topological polar surface area (TPSA) is 134 Å². The lowest BCUT2D eigenvalue weighted by Gasteiger charge is -2.07. The van der Waals surface area contributed by atoms with E-state index in [1.807, 2.05) is 18.2 Å². The van der Waals surface area contributed by atoms with Gasteiger partial charge in [0.1, 0.15) is 17.1 Å². The highest BCUT2D eigenvalue weighted by molar-refractivity contribution is 5.81. The first kappa shape index (κ1) is 21.4. The molecule has 3 N–H and O–H groups in total. The Hall–Kier alpha value is -3.79. The monoisotopic (exact) mass is 435 g/mol. The first-order valence-corrected chi connectivity index (χ1v) is 10.3. The first-order valence-electron chi connectivity index (χ1n) is 10.3. The molecule has 0 spiro atoms. The number of pyridine rings is 2. The number of unbranched alkanes of at least 4 members (excludes halogenated alkanes) is 1. The fourth-order valence-corrected chi connectivity index (χ4v) is 3.35. The van der Waals surface area contributed by atoms with Crippen molar-refractivity contribution >= 4 is 17.0 Å². The highest BCUT2D eigenvalue weighted by atomic mass is 16.5. The summed E-state index contributed by atoms with van der Waals surface area (Å²) in [5.41, 5.74) is 8.33. The Labute approximate surface area is 184 Å². The second-order valence-corrected chi connectivity index (χ2v) is 7.41. The summed E-state index contributed by atoms with van der Waals surface area (Å²) in [5, 5.41) is 0. The number of aromatic nitrogens is 6. The Morgan fingerprint density at radius 1 is 1.09 bits per heavy atom. The number of hydrogen-bond donors (Lipinski definition) is 2. The molecule has 10 nitrogen and oxygen atoms in total. The molecule has 0 aromatic carbocycles. The Kier molecular flexibility index (Phi) is 6.41. The van der Waals surface area contributed by atoms with Crippen molar-refractivity contribution in [2.75, 3.05) is 19.5 Å². The molecule has 10 heteroatoms. The molecule has 4 aromatic heterocycles. The molecule has 0 fully saturated rings. The molecule has 0 saturated carbocycles. The summed E-state index contributed by atoms with van der Waals surface area (Å²) in [6.07, 6.45) is 6.30. The maximum atomic E-state index is 12.4. The van der Waals surface area contributed by atoms with Crippen LogP contribution in [0.3, 0.4) is 0 Å². The molecule has 0 bridgehead atoms. The van der Waals surface area contributed by atoms with E-state index in [9.17, 15) is 4.79 Å². The minimum Gasteiger partial charge on any atom is -0.437 e. The molecular weight excluding hydrogens is 410 g/mol. The van der Waals surface area contributed by atoms with Crippen molar-refractivity contribution in [1.82, 2.24) is 29.5 Å². The standard InChI is InChI=1S/C22H25N7O3/c1-14-26-20(23)19-21(27-14)29(22(30)28-19)13-15-6-9-18(25-11-15)32-17-8-7-16(24-12-17)5-3-4-10-31-2/h6-9,11-12H,3-5,10,13H2,1-2H3,(H,28,30)(H2,23,26,27). The van der Waals surface area contributed by atoms with Crippen molar-refractivity contribution in [2.24, 2.45) is 0 Å². The van der Waals surface area contributed by atoms with Crippen LogP contribution in [0.5, 0.6) is 11.6 Å². The van der Waals surface area contributed by atoms with Crippen molar-refractivity contribution in [3.8, 4) is 11.6 Å². The van der Waals surface area contributed by atoms with Crippen LogP contribution in [-0.2, 0) is 17.7 Å². The zero-order valence-corrected chi connectivity index (χ0v) is 18.0. The summed E-state index contributed by atoms with van der Waals surface area (Å²) in [6, 6.07) is 7.44. The number of fused-ring (bicyclic) bond motifs is 1. The van der Waals surface area contributed by atoms with Gasteiger partial charge in [0, 0.05) is 31.7 Å². The summed E-state index contributed by atoms with van der Waals surface area (Å²) in [7, 11) is 1.71. The van der Waals surface area contributed by atoms with Crippen LogP contribution in [-0.4, -0.2) is 43.2 Å². The minimum absolute atomic E-state index is 0.250. The number of nitrogens with one attached hydrogen (secondary N) is 1. The first-order chi connectivity index (χ1) is 15.5. The third-order valence-corrected chi connectivity index (χ3v) is 4.95. The number of H-pyrrole nitrogens is 1. The van der Waals surface area contributed by atoms with E-state index in [2.05, 4.69) is 24.9 Å². The van der Waals surface area contributed by atoms with Gasteiger partial charge in [-0.2, -0.15) is 0 Å². The summed E-state index contributed by atoms with van der Waals surface area (Å²) in [4.78, 5) is 32.3.